The lowest BCUT2D eigenvalue weighted by Gasteiger charge is -2.18. The Bertz CT molecular complexity index is 590. The average Bonchev–Trinajstić information content (AvgIpc) is 2.81. The molecular weight excluding hydrogens is 248 g/mol. The topological polar surface area (TPSA) is 55.1 Å². The van der Waals surface area contributed by atoms with Gasteiger partial charge < -0.3 is 5.11 Å². The van der Waals surface area contributed by atoms with Crippen LogP contribution in [-0.2, 0) is 5.54 Å². The Balaban J connectivity index is 2.59. The predicted octanol–water partition coefficient (Wildman–Crippen LogP) is 3.37. The summed E-state index contributed by atoms with van der Waals surface area (Å²) in [5, 5.41) is 13.7. The van der Waals surface area contributed by atoms with Crippen LogP contribution in [0.2, 0.25) is 0 Å². The van der Waals surface area contributed by atoms with Gasteiger partial charge in [0.25, 0.3) is 0 Å². The molecule has 0 radical (unpaired) electrons. The Labute approximate surface area is 110 Å². The average molecular weight is 264 g/mol. The maximum absolute atomic E-state index is 11.3. The lowest BCUT2D eigenvalue weighted by atomic mass is 10.1. The molecule has 18 heavy (non-hydrogen) atoms. The van der Waals surface area contributed by atoms with Gasteiger partial charge in [-0.25, -0.2) is 4.79 Å². The highest BCUT2D eigenvalue weighted by Gasteiger charge is 2.23. The Kier molecular flexibility index (Phi) is 3.02. The Hall–Kier alpha value is -1.62. The lowest BCUT2D eigenvalue weighted by Crippen LogP contribution is -2.22. The first kappa shape index (κ1) is 12.8. The van der Waals surface area contributed by atoms with E-state index < -0.39 is 5.97 Å². The van der Waals surface area contributed by atoms with Crippen molar-refractivity contribution in [2.45, 2.75) is 33.2 Å². The number of aromatic carboxylic acids is 1. The molecule has 0 aliphatic rings. The number of aryl methyl sites for hydroxylation is 1. The summed E-state index contributed by atoms with van der Waals surface area (Å²) in [4.78, 5) is 13.3. The first-order valence-corrected chi connectivity index (χ1v) is 6.51. The van der Waals surface area contributed by atoms with Gasteiger partial charge in [0.2, 0.25) is 0 Å². The minimum absolute atomic E-state index is 0.227. The molecule has 4 nitrogen and oxygen atoms in total. The number of hydrogen-bond acceptors (Lipinski definition) is 3. The number of nitrogens with zero attached hydrogens (tertiary/aromatic N) is 2. The standard InChI is InChI=1S/C13H16N2O2S/c1-8-5-6-10(18-8)11-9(12(16)17)7-15(14-11)13(2,3)4/h5-7H,1-4H3,(H,16,17). The molecule has 96 valence electrons. The number of carboxylic acid groups (broad SMARTS) is 1. The lowest BCUT2D eigenvalue weighted by molar-refractivity contribution is 0.0697. The molecule has 0 spiro atoms. The Morgan fingerprint density at radius 3 is 2.50 bits per heavy atom. The fraction of sp³-hybridized carbons (Fsp3) is 0.385. The maximum atomic E-state index is 11.3. The van der Waals surface area contributed by atoms with Crippen LogP contribution in [0, 0.1) is 6.92 Å². The summed E-state index contributed by atoms with van der Waals surface area (Å²) in [5.74, 6) is -0.938. The number of aromatic nitrogens is 2. The zero-order chi connectivity index (χ0) is 13.5. The van der Waals surface area contributed by atoms with Crippen molar-refractivity contribution in [1.82, 2.24) is 9.78 Å². The zero-order valence-corrected chi connectivity index (χ0v) is 11.7. The summed E-state index contributed by atoms with van der Waals surface area (Å²) in [6.07, 6.45) is 1.60. The third kappa shape index (κ3) is 2.31. The van der Waals surface area contributed by atoms with Gasteiger partial charge in [0.1, 0.15) is 11.3 Å². The van der Waals surface area contributed by atoms with Crippen molar-refractivity contribution in [1.29, 1.82) is 0 Å². The highest BCUT2D eigenvalue weighted by Crippen LogP contribution is 2.30. The van der Waals surface area contributed by atoms with Crippen molar-refractivity contribution in [3.05, 3.63) is 28.8 Å². The number of rotatable bonds is 2. The SMILES string of the molecule is Cc1ccc(-c2nn(C(C)(C)C)cc2C(=O)O)s1. The molecule has 0 unspecified atom stereocenters. The minimum atomic E-state index is -0.938. The molecule has 0 saturated heterocycles. The highest BCUT2D eigenvalue weighted by atomic mass is 32.1. The summed E-state index contributed by atoms with van der Waals surface area (Å²) in [7, 11) is 0. The van der Waals surface area contributed by atoms with Crippen molar-refractivity contribution >= 4 is 17.3 Å². The molecule has 1 N–H and O–H groups in total. The molecular formula is C13H16N2O2S. The Morgan fingerprint density at radius 2 is 2.06 bits per heavy atom. The van der Waals surface area contributed by atoms with Gasteiger partial charge in [0, 0.05) is 11.1 Å². The van der Waals surface area contributed by atoms with Crippen LogP contribution in [0.25, 0.3) is 10.6 Å². The van der Waals surface area contributed by atoms with Gasteiger partial charge in [-0.15, -0.1) is 11.3 Å². The van der Waals surface area contributed by atoms with Crippen LogP contribution in [0.4, 0.5) is 0 Å². The summed E-state index contributed by atoms with van der Waals surface area (Å²) >= 11 is 1.56. The van der Waals surface area contributed by atoms with Crippen LogP contribution >= 0.6 is 11.3 Å². The normalized spacial score (nSPS) is 11.8. The highest BCUT2D eigenvalue weighted by molar-refractivity contribution is 7.15. The first-order chi connectivity index (χ1) is 8.29. The molecule has 5 heteroatoms. The largest absolute Gasteiger partial charge is 0.478 e. The third-order valence-electron chi connectivity index (χ3n) is 2.61. The molecule has 0 saturated carbocycles. The van der Waals surface area contributed by atoms with Crippen molar-refractivity contribution in [2.24, 2.45) is 0 Å². The summed E-state index contributed by atoms with van der Waals surface area (Å²) in [6.45, 7) is 7.98. The van der Waals surface area contributed by atoms with E-state index in [1.165, 1.54) is 0 Å². The minimum Gasteiger partial charge on any atom is -0.478 e. The molecule has 0 aliphatic heterocycles. The van der Waals surface area contributed by atoms with Crippen LogP contribution in [0.3, 0.4) is 0 Å². The van der Waals surface area contributed by atoms with Gasteiger partial charge >= 0.3 is 5.97 Å². The monoisotopic (exact) mass is 264 g/mol. The molecule has 2 heterocycles. The Morgan fingerprint density at radius 1 is 1.39 bits per heavy atom. The molecule has 0 amide bonds. The first-order valence-electron chi connectivity index (χ1n) is 5.69. The van der Waals surface area contributed by atoms with Crippen molar-refractivity contribution < 1.29 is 9.90 Å². The van der Waals surface area contributed by atoms with Crippen LogP contribution in [0.5, 0.6) is 0 Å². The van der Waals surface area contributed by atoms with E-state index in [0.29, 0.717) is 5.69 Å². The second kappa shape index (κ2) is 4.24. The molecule has 0 bridgehead atoms. The van der Waals surface area contributed by atoms with Gasteiger partial charge in [0.15, 0.2) is 0 Å². The third-order valence-corrected chi connectivity index (χ3v) is 3.61. The van der Waals surface area contributed by atoms with E-state index in [4.69, 9.17) is 0 Å². The van der Waals surface area contributed by atoms with E-state index in [2.05, 4.69) is 5.10 Å². The van der Waals surface area contributed by atoms with Gasteiger partial charge in [0.05, 0.1) is 10.4 Å². The quantitative estimate of drug-likeness (QED) is 0.904. The van der Waals surface area contributed by atoms with Crippen LogP contribution in [0.15, 0.2) is 18.3 Å². The number of hydrogen-bond donors (Lipinski definition) is 1. The molecule has 0 aliphatic carbocycles. The van der Waals surface area contributed by atoms with Crippen molar-refractivity contribution in [3.63, 3.8) is 0 Å². The van der Waals surface area contributed by atoms with E-state index in [0.717, 1.165) is 9.75 Å². The molecule has 0 fully saturated rings. The molecule has 0 aromatic carbocycles. The van der Waals surface area contributed by atoms with Gasteiger partial charge in [-0.2, -0.15) is 5.10 Å². The summed E-state index contributed by atoms with van der Waals surface area (Å²) < 4.78 is 1.71. The van der Waals surface area contributed by atoms with E-state index in [-0.39, 0.29) is 11.1 Å². The van der Waals surface area contributed by atoms with Crippen LogP contribution in [-0.4, -0.2) is 20.9 Å². The van der Waals surface area contributed by atoms with Gasteiger partial charge in [-0.3, -0.25) is 4.68 Å². The number of carboxylic acids is 1. The van der Waals surface area contributed by atoms with Gasteiger partial charge in [-0.1, -0.05) is 0 Å². The molecule has 2 aromatic heterocycles. The molecule has 0 atom stereocenters. The maximum Gasteiger partial charge on any atom is 0.339 e. The number of thiophene rings is 1. The smallest absolute Gasteiger partial charge is 0.339 e. The fourth-order valence-electron chi connectivity index (χ4n) is 1.62. The van der Waals surface area contributed by atoms with E-state index in [1.807, 2.05) is 39.8 Å². The number of carbonyl (C=O) groups is 1. The van der Waals surface area contributed by atoms with Crippen LogP contribution in [0.1, 0.15) is 36.0 Å². The second-order valence-corrected chi connectivity index (χ2v) is 6.51. The summed E-state index contributed by atoms with van der Waals surface area (Å²) in [6, 6.07) is 3.89. The van der Waals surface area contributed by atoms with E-state index in [9.17, 15) is 9.90 Å². The van der Waals surface area contributed by atoms with Gasteiger partial charge in [-0.05, 0) is 39.8 Å². The van der Waals surface area contributed by atoms with E-state index in [1.54, 1.807) is 22.2 Å². The van der Waals surface area contributed by atoms with Crippen LogP contribution < -0.4 is 0 Å². The predicted molar refractivity (Wildman–Crippen MR) is 72.2 cm³/mol. The van der Waals surface area contributed by atoms with Crippen molar-refractivity contribution in [3.8, 4) is 10.6 Å². The molecule has 2 aromatic rings. The molecule has 2 rings (SSSR count). The zero-order valence-electron chi connectivity index (χ0n) is 10.9. The van der Waals surface area contributed by atoms with Crippen molar-refractivity contribution in [2.75, 3.05) is 0 Å². The van der Waals surface area contributed by atoms with E-state index >= 15 is 0 Å². The second-order valence-electron chi connectivity index (χ2n) is 5.22. The fourth-order valence-corrected chi connectivity index (χ4v) is 2.48. The summed E-state index contributed by atoms with van der Waals surface area (Å²) in [5.41, 5.74) is 0.580.